The number of hydrogen-bond donors (Lipinski definition) is 0. The van der Waals surface area contributed by atoms with Gasteiger partial charge in [0.2, 0.25) is 0 Å². The largest absolute Gasteiger partial charge is 0.497 e. The predicted octanol–water partition coefficient (Wildman–Crippen LogP) is 4.52. The molecule has 0 N–H and O–H groups in total. The second kappa shape index (κ2) is 7.54. The first kappa shape index (κ1) is 15.2. The molecule has 3 heteroatoms. The van der Waals surface area contributed by atoms with Crippen LogP contribution >= 0.6 is 0 Å². The van der Waals surface area contributed by atoms with Crippen molar-refractivity contribution in [1.29, 1.82) is 0 Å². The molecule has 0 spiro atoms. The van der Waals surface area contributed by atoms with Gasteiger partial charge in [-0.1, -0.05) is 42.5 Å². The van der Waals surface area contributed by atoms with Gasteiger partial charge < -0.3 is 4.74 Å². The summed E-state index contributed by atoms with van der Waals surface area (Å²) in [4.78, 5) is 0. The van der Waals surface area contributed by atoms with Crippen LogP contribution in [0.4, 0.5) is 0 Å². The molecule has 0 radical (unpaired) electrons. The molecule has 116 valence electrons. The number of allylic oxidation sites excluding steroid dienone is 1. The van der Waals surface area contributed by atoms with Crippen LogP contribution in [0.2, 0.25) is 0 Å². The van der Waals surface area contributed by atoms with Crippen molar-refractivity contribution in [3.05, 3.63) is 71.3 Å². The summed E-state index contributed by atoms with van der Waals surface area (Å²) < 4.78 is 5.14. The molecule has 3 nitrogen and oxygen atoms in total. The molecule has 0 heterocycles. The molecule has 3 rings (SSSR count). The summed E-state index contributed by atoms with van der Waals surface area (Å²) in [6, 6.07) is 16.4. The van der Waals surface area contributed by atoms with E-state index in [1.807, 2.05) is 36.4 Å². The minimum Gasteiger partial charge on any atom is -0.497 e. The average Bonchev–Trinajstić information content (AvgIpc) is 2.62. The first-order chi connectivity index (χ1) is 11.4. The predicted molar refractivity (Wildman–Crippen MR) is 96.4 cm³/mol. The summed E-state index contributed by atoms with van der Waals surface area (Å²) in [5.41, 5.74) is 4.81. The number of rotatable bonds is 4. The highest BCUT2D eigenvalue weighted by molar-refractivity contribution is 6.02. The Kier molecular flexibility index (Phi) is 4.99. The van der Waals surface area contributed by atoms with E-state index in [2.05, 4.69) is 34.5 Å². The van der Waals surface area contributed by atoms with E-state index in [9.17, 15) is 0 Å². The van der Waals surface area contributed by atoms with E-state index in [0.717, 1.165) is 36.3 Å². The fourth-order valence-electron chi connectivity index (χ4n) is 2.72. The standard InChI is InChI=1S/C20H20N2O/c1-23-18-13-11-16(12-14-18)6-5-15-21-22-20-10-4-8-17-7-2-3-9-19(17)20/h2-3,5-7,9,11-15H,4,8,10H2,1H3/b6-5+,21-15+,22-20+. The fraction of sp³-hybridized carbons (Fsp3) is 0.200. The Morgan fingerprint density at radius 3 is 2.65 bits per heavy atom. The van der Waals surface area contributed by atoms with Crippen molar-refractivity contribution in [1.82, 2.24) is 0 Å². The molecule has 0 fully saturated rings. The van der Waals surface area contributed by atoms with Gasteiger partial charge in [-0.2, -0.15) is 10.2 Å². The summed E-state index contributed by atoms with van der Waals surface area (Å²) in [7, 11) is 1.67. The van der Waals surface area contributed by atoms with Crippen molar-refractivity contribution in [2.75, 3.05) is 7.11 Å². The smallest absolute Gasteiger partial charge is 0.118 e. The molecule has 2 aromatic rings. The molecule has 23 heavy (non-hydrogen) atoms. The van der Waals surface area contributed by atoms with Crippen molar-refractivity contribution in [3.63, 3.8) is 0 Å². The van der Waals surface area contributed by atoms with Crippen LogP contribution in [0, 0.1) is 0 Å². The third-order valence-electron chi connectivity index (χ3n) is 3.92. The second-order valence-electron chi connectivity index (χ2n) is 5.45. The number of benzene rings is 2. The molecule has 0 aromatic heterocycles. The zero-order valence-electron chi connectivity index (χ0n) is 13.3. The highest BCUT2D eigenvalue weighted by Crippen LogP contribution is 2.21. The maximum absolute atomic E-state index is 5.14. The van der Waals surface area contributed by atoms with Crippen molar-refractivity contribution < 1.29 is 4.74 Å². The van der Waals surface area contributed by atoms with E-state index in [4.69, 9.17) is 4.74 Å². The van der Waals surface area contributed by atoms with Crippen LogP contribution in [0.3, 0.4) is 0 Å². The third-order valence-corrected chi connectivity index (χ3v) is 3.92. The Bertz CT molecular complexity index is 742. The maximum Gasteiger partial charge on any atom is 0.118 e. The number of hydrogen-bond acceptors (Lipinski definition) is 3. The monoisotopic (exact) mass is 304 g/mol. The molecular formula is C20H20N2O. The van der Waals surface area contributed by atoms with Crippen LogP contribution in [-0.4, -0.2) is 19.0 Å². The van der Waals surface area contributed by atoms with Gasteiger partial charge in [-0.25, -0.2) is 0 Å². The number of ether oxygens (including phenoxy) is 1. The Labute approximate surface area is 137 Å². The van der Waals surface area contributed by atoms with Gasteiger partial charge in [0.15, 0.2) is 0 Å². The summed E-state index contributed by atoms with van der Waals surface area (Å²) >= 11 is 0. The fourth-order valence-corrected chi connectivity index (χ4v) is 2.72. The van der Waals surface area contributed by atoms with E-state index >= 15 is 0 Å². The molecule has 0 unspecified atom stereocenters. The molecule has 0 saturated carbocycles. The number of methoxy groups -OCH3 is 1. The topological polar surface area (TPSA) is 34.0 Å². The summed E-state index contributed by atoms with van der Waals surface area (Å²) in [6.07, 6.45) is 8.91. The zero-order chi connectivity index (χ0) is 15.9. The van der Waals surface area contributed by atoms with Gasteiger partial charge in [0.05, 0.1) is 12.8 Å². The molecule has 0 bridgehead atoms. The van der Waals surface area contributed by atoms with E-state index in [1.54, 1.807) is 13.3 Å². The molecular weight excluding hydrogens is 284 g/mol. The maximum atomic E-state index is 5.14. The second-order valence-corrected chi connectivity index (χ2v) is 5.45. The van der Waals surface area contributed by atoms with Gasteiger partial charge in [-0.05, 0) is 48.6 Å². The Morgan fingerprint density at radius 2 is 1.83 bits per heavy atom. The van der Waals surface area contributed by atoms with E-state index in [0.29, 0.717) is 0 Å². The van der Waals surface area contributed by atoms with Gasteiger partial charge in [0.25, 0.3) is 0 Å². The van der Waals surface area contributed by atoms with Crippen molar-refractivity contribution in [2.45, 2.75) is 19.3 Å². The summed E-state index contributed by atoms with van der Waals surface area (Å²) in [6.45, 7) is 0. The van der Waals surface area contributed by atoms with Crippen LogP contribution in [0.25, 0.3) is 6.08 Å². The number of fused-ring (bicyclic) bond motifs is 1. The van der Waals surface area contributed by atoms with E-state index < -0.39 is 0 Å². The van der Waals surface area contributed by atoms with Crippen molar-refractivity contribution in [3.8, 4) is 5.75 Å². The highest BCUT2D eigenvalue weighted by atomic mass is 16.5. The quantitative estimate of drug-likeness (QED) is 0.604. The molecule has 0 amide bonds. The lowest BCUT2D eigenvalue weighted by Gasteiger charge is -2.16. The first-order valence-corrected chi connectivity index (χ1v) is 7.86. The Balaban J connectivity index is 1.65. The lowest BCUT2D eigenvalue weighted by molar-refractivity contribution is 0.415. The van der Waals surface area contributed by atoms with Crippen molar-refractivity contribution in [2.24, 2.45) is 10.2 Å². The summed E-state index contributed by atoms with van der Waals surface area (Å²) in [5, 5.41) is 8.59. The minimum atomic E-state index is 0.859. The van der Waals surface area contributed by atoms with Gasteiger partial charge in [0.1, 0.15) is 5.75 Å². The van der Waals surface area contributed by atoms with Gasteiger partial charge in [-0.15, -0.1) is 0 Å². The van der Waals surface area contributed by atoms with Crippen LogP contribution in [0.1, 0.15) is 29.5 Å². The normalized spacial score (nSPS) is 16.1. The van der Waals surface area contributed by atoms with Crippen molar-refractivity contribution >= 4 is 18.0 Å². The molecule has 0 aliphatic heterocycles. The van der Waals surface area contributed by atoms with Crippen LogP contribution in [0.5, 0.6) is 5.75 Å². The Hall–Kier alpha value is -2.68. The molecule has 1 aliphatic carbocycles. The zero-order valence-corrected chi connectivity index (χ0v) is 13.3. The lowest BCUT2D eigenvalue weighted by atomic mass is 9.90. The first-order valence-electron chi connectivity index (χ1n) is 7.86. The van der Waals surface area contributed by atoms with E-state index in [1.165, 1.54) is 11.1 Å². The van der Waals surface area contributed by atoms with Crippen LogP contribution in [-0.2, 0) is 6.42 Å². The third kappa shape index (κ3) is 3.95. The summed E-state index contributed by atoms with van der Waals surface area (Å²) in [5.74, 6) is 0.859. The lowest BCUT2D eigenvalue weighted by Crippen LogP contribution is -2.11. The van der Waals surface area contributed by atoms with Gasteiger partial charge in [0, 0.05) is 11.8 Å². The molecule has 2 aromatic carbocycles. The SMILES string of the molecule is COc1ccc(/C=C/C=N/N=C2\CCCc3ccccc32)cc1. The van der Waals surface area contributed by atoms with Crippen LogP contribution in [0.15, 0.2) is 64.8 Å². The average molecular weight is 304 g/mol. The van der Waals surface area contributed by atoms with Crippen LogP contribution < -0.4 is 4.74 Å². The Morgan fingerprint density at radius 1 is 1.00 bits per heavy atom. The number of nitrogens with zero attached hydrogens (tertiary/aromatic N) is 2. The highest BCUT2D eigenvalue weighted by Gasteiger charge is 2.14. The van der Waals surface area contributed by atoms with Gasteiger partial charge >= 0.3 is 0 Å². The molecule has 1 aliphatic rings. The minimum absolute atomic E-state index is 0.859. The molecule has 0 atom stereocenters. The van der Waals surface area contributed by atoms with Gasteiger partial charge in [-0.3, -0.25) is 0 Å². The van der Waals surface area contributed by atoms with E-state index in [-0.39, 0.29) is 0 Å². The molecule has 0 saturated heterocycles. The number of aryl methyl sites for hydroxylation is 1.